The van der Waals surface area contributed by atoms with Crippen LogP contribution in [-0.4, -0.2) is 34.1 Å². The number of carbonyl (C=O) groups is 1. The molecule has 1 fully saturated rings. The Hall–Kier alpha value is -2.29. The van der Waals surface area contributed by atoms with Gasteiger partial charge in [-0.2, -0.15) is 0 Å². The molecule has 1 heterocycles. The molecule has 1 saturated heterocycles. The molecule has 3 rings (SSSR count). The minimum atomic E-state index is -3.70. The molecule has 0 bridgehead atoms. The van der Waals surface area contributed by atoms with Crippen molar-refractivity contribution in [1.82, 2.24) is 5.32 Å². The number of amides is 2. The number of rotatable bonds is 6. The van der Waals surface area contributed by atoms with Crippen LogP contribution >= 0.6 is 11.6 Å². The van der Waals surface area contributed by atoms with Gasteiger partial charge in [-0.15, -0.1) is 0 Å². The Bertz CT molecular complexity index is 958. The minimum Gasteiger partial charge on any atom is -0.370 e. The molecule has 2 amide bonds. The lowest BCUT2D eigenvalue weighted by molar-refractivity contribution is 0.252. The van der Waals surface area contributed by atoms with E-state index >= 15 is 0 Å². The van der Waals surface area contributed by atoms with Gasteiger partial charge in [-0.3, -0.25) is 0 Å². The number of anilines is 2. The van der Waals surface area contributed by atoms with Crippen LogP contribution < -0.4 is 20.7 Å². The molecule has 0 saturated carbocycles. The summed E-state index contributed by atoms with van der Waals surface area (Å²) in [5.41, 5.74) is 2.53. The summed E-state index contributed by atoms with van der Waals surface area (Å²) in [7, 11) is -3.70. The van der Waals surface area contributed by atoms with Crippen molar-refractivity contribution >= 4 is 39.0 Å². The lowest BCUT2D eigenvalue weighted by Gasteiger charge is -2.29. The van der Waals surface area contributed by atoms with E-state index in [0.717, 1.165) is 24.3 Å². The molecule has 156 valence electrons. The van der Waals surface area contributed by atoms with Gasteiger partial charge in [0.15, 0.2) is 0 Å². The predicted molar refractivity (Wildman–Crippen MR) is 116 cm³/mol. The molecule has 1 aliphatic heterocycles. The van der Waals surface area contributed by atoms with Crippen molar-refractivity contribution < 1.29 is 13.2 Å². The van der Waals surface area contributed by atoms with Crippen LogP contribution in [0.1, 0.15) is 24.8 Å². The Morgan fingerprint density at radius 1 is 1.07 bits per heavy atom. The van der Waals surface area contributed by atoms with Gasteiger partial charge >= 0.3 is 6.03 Å². The number of hydrogen-bond donors (Lipinski definition) is 3. The van der Waals surface area contributed by atoms with Crippen LogP contribution in [0.3, 0.4) is 0 Å². The maximum atomic E-state index is 12.1. The summed E-state index contributed by atoms with van der Waals surface area (Å²) in [6.07, 6.45) is 4.16. The fraction of sp³-hybridized carbons (Fsp3) is 0.350. The first kappa shape index (κ1) is 21.4. The number of nitrogens with two attached hydrogens (primary N) is 1. The van der Waals surface area contributed by atoms with Gasteiger partial charge in [0, 0.05) is 25.3 Å². The number of benzene rings is 2. The molecule has 0 radical (unpaired) electrons. The molecule has 0 unspecified atom stereocenters. The summed E-state index contributed by atoms with van der Waals surface area (Å²) in [6.45, 7) is 2.41. The summed E-state index contributed by atoms with van der Waals surface area (Å²) in [4.78, 5) is 14.5. The highest BCUT2D eigenvalue weighted by Gasteiger charge is 2.14. The summed E-state index contributed by atoms with van der Waals surface area (Å²) in [5.74, 6) is 0. The first-order valence-electron chi connectivity index (χ1n) is 9.54. The Kier molecular flexibility index (Phi) is 7.00. The molecule has 0 aliphatic carbocycles. The maximum Gasteiger partial charge on any atom is 0.319 e. The van der Waals surface area contributed by atoms with Crippen molar-refractivity contribution in [1.29, 1.82) is 0 Å². The number of hydrogen-bond acceptors (Lipinski definition) is 4. The van der Waals surface area contributed by atoms with Crippen LogP contribution in [0.4, 0.5) is 16.2 Å². The third-order valence-corrected chi connectivity index (χ3v) is 6.09. The molecule has 2 aromatic carbocycles. The normalized spacial score (nSPS) is 14.5. The Balaban J connectivity index is 1.48. The van der Waals surface area contributed by atoms with E-state index in [9.17, 15) is 13.2 Å². The topological polar surface area (TPSA) is 105 Å². The van der Waals surface area contributed by atoms with Gasteiger partial charge in [0.2, 0.25) is 10.0 Å². The zero-order chi connectivity index (χ0) is 20.9. The highest BCUT2D eigenvalue weighted by Crippen LogP contribution is 2.30. The van der Waals surface area contributed by atoms with Crippen LogP contribution in [0.5, 0.6) is 0 Å². The molecule has 29 heavy (non-hydrogen) atoms. The second-order valence-electron chi connectivity index (χ2n) is 7.03. The van der Waals surface area contributed by atoms with Crippen LogP contribution in [0.2, 0.25) is 5.02 Å². The zero-order valence-corrected chi connectivity index (χ0v) is 17.6. The monoisotopic (exact) mass is 436 g/mol. The summed E-state index contributed by atoms with van der Waals surface area (Å²) >= 11 is 6.41. The second kappa shape index (κ2) is 9.47. The van der Waals surface area contributed by atoms with E-state index in [2.05, 4.69) is 15.5 Å². The molecule has 4 N–H and O–H groups in total. The van der Waals surface area contributed by atoms with Crippen molar-refractivity contribution in [2.24, 2.45) is 5.14 Å². The number of piperidine rings is 1. The fourth-order valence-corrected chi connectivity index (χ4v) is 4.13. The van der Waals surface area contributed by atoms with Crippen molar-refractivity contribution in [2.45, 2.75) is 30.6 Å². The second-order valence-corrected chi connectivity index (χ2v) is 9.00. The lowest BCUT2D eigenvalue weighted by Crippen LogP contribution is -2.31. The van der Waals surface area contributed by atoms with E-state index in [-0.39, 0.29) is 10.9 Å². The van der Waals surface area contributed by atoms with Gasteiger partial charge in [-0.25, -0.2) is 18.4 Å². The van der Waals surface area contributed by atoms with Crippen molar-refractivity contribution in [3.05, 3.63) is 53.1 Å². The highest BCUT2D eigenvalue weighted by molar-refractivity contribution is 7.89. The van der Waals surface area contributed by atoms with Gasteiger partial charge in [-0.05, 0) is 61.6 Å². The Morgan fingerprint density at radius 3 is 2.38 bits per heavy atom. The first-order chi connectivity index (χ1) is 13.8. The summed E-state index contributed by atoms with van der Waals surface area (Å²) < 4.78 is 22.5. The average Bonchev–Trinajstić information content (AvgIpc) is 2.68. The molecule has 0 spiro atoms. The third-order valence-electron chi connectivity index (χ3n) is 4.85. The fourth-order valence-electron chi connectivity index (χ4n) is 3.32. The van der Waals surface area contributed by atoms with Gasteiger partial charge in [0.1, 0.15) is 0 Å². The predicted octanol–water partition coefficient (Wildman–Crippen LogP) is 3.34. The van der Waals surface area contributed by atoms with E-state index in [1.54, 1.807) is 18.2 Å². The first-order valence-corrected chi connectivity index (χ1v) is 11.5. The van der Waals surface area contributed by atoms with E-state index < -0.39 is 10.0 Å². The third kappa shape index (κ3) is 6.09. The number of urea groups is 1. The molecular formula is C20H25ClN4O3S. The van der Waals surface area contributed by atoms with Crippen LogP contribution in [-0.2, 0) is 16.4 Å². The number of primary sulfonamides is 1. The number of halogens is 1. The Labute approximate surface area is 176 Å². The van der Waals surface area contributed by atoms with E-state index in [1.165, 1.54) is 31.4 Å². The van der Waals surface area contributed by atoms with Gasteiger partial charge < -0.3 is 15.5 Å². The maximum absolute atomic E-state index is 12.1. The molecular weight excluding hydrogens is 412 g/mol. The van der Waals surface area contributed by atoms with Crippen LogP contribution in [0.15, 0.2) is 47.4 Å². The molecule has 0 atom stereocenters. The van der Waals surface area contributed by atoms with Gasteiger partial charge in [0.05, 0.1) is 15.6 Å². The number of sulfonamides is 1. The number of nitrogens with one attached hydrogen (secondary N) is 2. The smallest absolute Gasteiger partial charge is 0.319 e. The minimum absolute atomic E-state index is 0.0665. The van der Waals surface area contributed by atoms with Crippen LogP contribution in [0.25, 0.3) is 0 Å². The lowest BCUT2D eigenvalue weighted by atomic mass is 10.1. The average molecular weight is 437 g/mol. The van der Waals surface area contributed by atoms with Crippen molar-refractivity contribution in [3.63, 3.8) is 0 Å². The van der Waals surface area contributed by atoms with E-state index in [0.29, 0.717) is 23.7 Å². The quantitative estimate of drug-likeness (QED) is 0.645. The number of carbonyl (C=O) groups excluding carboxylic acids is 1. The van der Waals surface area contributed by atoms with Gasteiger partial charge in [0.25, 0.3) is 0 Å². The van der Waals surface area contributed by atoms with Crippen LogP contribution in [0, 0.1) is 0 Å². The zero-order valence-electron chi connectivity index (χ0n) is 16.0. The molecule has 1 aliphatic rings. The standard InChI is InChI=1S/C20H25ClN4O3S/c21-18-14-16(6-9-19(18)25-12-2-1-3-13-25)24-20(26)23-11-10-15-4-7-17(8-5-15)29(22,27)28/h4-9,14H,1-3,10-13H2,(H2,22,27,28)(H2,23,24,26). The number of nitrogens with zero attached hydrogens (tertiary/aromatic N) is 1. The summed E-state index contributed by atoms with van der Waals surface area (Å²) in [6, 6.07) is 11.5. The molecule has 2 aromatic rings. The Morgan fingerprint density at radius 2 is 1.76 bits per heavy atom. The summed E-state index contributed by atoms with van der Waals surface area (Å²) in [5, 5.41) is 11.3. The van der Waals surface area contributed by atoms with Crippen molar-refractivity contribution in [2.75, 3.05) is 29.9 Å². The van der Waals surface area contributed by atoms with E-state index in [4.69, 9.17) is 16.7 Å². The molecule has 0 aromatic heterocycles. The largest absolute Gasteiger partial charge is 0.370 e. The highest BCUT2D eigenvalue weighted by atomic mass is 35.5. The molecule has 9 heteroatoms. The molecule has 7 nitrogen and oxygen atoms in total. The van der Waals surface area contributed by atoms with E-state index in [1.807, 2.05) is 12.1 Å². The van der Waals surface area contributed by atoms with Gasteiger partial charge in [-0.1, -0.05) is 23.7 Å². The SMILES string of the molecule is NS(=O)(=O)c1ccc(CCNC(=O)Nc2ccc(N3CCCCC3)c(Cl)c2)cc1. The van der Waals surface area contributed by atoms with Crippen molar-refractivity contribution in [3.8, 4) is 0 Å².